The first-order valence-electron chi connectivity index (χ1n) is 10.0. The van der Waals surface area contributed by atoms with Gasteiger partial charge in [0, 0.05) is 30.7 Å². The van der Waals surface area contributed by atoms with Crippen molar-refractivity contribution in [2.75, 3.05) is 19.6 Å². The van der Waals surface area contributed by atoms with E-state index in [1.165, 1.54) is 0 Å². The first-order valence-corrected chi connectivity index (χ1v) is 11.1. The lowest BCUT2D eigenvalue weighted by atomic mass is 10.1. The number of nitrogens with two attached hydrogens (primary N) is 1. The van der Waals surface area contributed by atoms with Crippen LogP contribution in [0.3, 0.4) is 0 Å². The van der Waals surface area contributed by atoms with Gasteiger partial charge in [0.25, 0.3) is 5.91 Å². The van der Waals surface area contributed by atoms with E-state index in [1.807, 2.05) is 41.7 Å². The van der Waals surface area contributed by atoms with E-state index in [4.69, 9.17) is 10.8 Å². The molecule has 2 N–H and O–H groups in total. The summed E-state index contributed by atoms with van der Waals surface area (Å²) in [5.74, 6) is 0.622. The predicted octanol–water partition coefficient (Wildman–Crippen LogP) is 2.23. The number of amides is 1. The Morgan fingerprint density at radius 2 is 2.21 bits per heavy atom. The van der Waals surface area contributed by atoms with Crippen LogP contribution >= 0.6 is 8.58 Å². The van der Waals surface area contributed by atoms with Gasteiger partial charge in [-0.15, -0.1) is 0 Å². The summed E-state index contributed by atoms with van der Waals surface area (Å²) in [6.07, 6.45) is 11.1. The van der Waals surface area contributed by atoms with Gasteiger partial charge in [0.15, 0.2) is 0 Å². The first kappa shape index (κ1) is 18.5. The second-order valence-corrected chi connectivity index (χ2v) is 9.39. The van der Waals surface area contributed by atoms with Gasteiger partial charge in [0.1, 0.15) is 0 Å². The minimum atomic E-state index is 0.0169. The van der Waals surface area contributed by atoms with Crippen molar-refractivity contribution in [1.29, 1.82) is 0 Å². The van der Waals surface area contributed by atoms with Crippen molar-refractivity contribution >= 4 is 25.3 Å². The predicted molar refractivity (Wildman–Crippen MR) is 115 cm³/mol. The highest BCUT2D eigenvalue weighted by Crippen LogP contribution is 2.44. The smallest absolute Gasteiger partial charge is 0.252 e. The largest absolute Gasteiger partial charge is 0.370 e. The molecule has 2 unspecified atom stereocenters. The lowest BCUT2D eigenvalue weighted by Gasteiger charge is -2.35. The lowest BCUT2D eigenvalue weighted by molar-refractivity contribution is -0.123. The minimum absolute atomic E-state index is 0.0169. The Hall–Kier alpha value is -2.50. The van der Waals surface area contributed by atoms with E-state index < -0.39 is 0 Å². The molecule has 2 aromatic rings. The molecule has 5 rings (SSSR count). The number of rotatable bonds is 3. The summed E-state index contributed by atoms with van der Waals surface area (Å²) >= 11 is 0. The van der Waals surface area contributed by atoms with Gasteiger partial charge in [-0.25, -0.2) is 4.52 Å². The normalized spacial score (nSPS) is 25.0. The van der Waals surface area contributed by atoms with Crippen molar-refractivity contribution in [3.8, 4) is 0 Å². The number of carbonyl (C=O) groups excluding carboxylic acids is 1. The molecule has 0 aliphatic carbocycles. The van der Waals surface area contributed by atoms with Crippen LogP contribution in [-0.4, -0.2) is 55.7 Å². The van der Waals surface area contributed by atoms with Crippen LogP contribution in [0.2, 0.25) is 0 Å². The molecule has 1 saturated heterocycles. The molecule has 5 heterocycles. The summed E-state index contributed by atoms with van der Waals surface area (Å²) in [6, 6.07) is 2.04. The van der Waals surface area contributed by atoms with E-state index >= 15 is 0 Å². The van der Waals surface area contributed by atoms with Gasteiger partial charge in [-0.3, -0.25) is 9.78 Å². The summed E-state index contributed by atoms with van der Waals surface area (Å²) in [6.45, 7) is 6.64. The first-order chi connectivity index (χ1) is 14.0. The molecule has 1 fully saturated rings. The summed E-state index contributed by atoms with van der Waals surface area (Å²) in [7, 11) is 0.460. The molecule has 1 amide bonds. The van der Waals surface area contributed by atoms with Crippen LogP contribution in [0, 0.1) is 19.8 Å². The minimum Gasteiger partial charge on any atom is -0.370 e. The number of fused-ring (bicyclic) bond motifs is 2. The molecule has 29 heavy (non-hydrogen) atoms. The van der Waals surface area contributed by atoms with Crippen molar-refractivity contribution in [3.63, 3.8) is 0 Å². The van der Waals surface area contributed by atoms with Gasteiger partial charge < -0.3 is 15.5 Å². The number of allylic oxidation sites excluding steroid dienone is 1. The Bertz CT molecular complexity index is 1080. The third-order valence-corrected chi connectivity index (χ3v) is 7.34. The second-order valence-electron chi connectivity index (χ2n) is 7.97. The van der Waals surface area contributed by atoms with Crippen molar-refractivity contribution in [2.45, 2.75) is 26.1 Å². The van der Waals surface area contributed by atoms with E-state index in [9.17, 15) is 4.79 Å². The highest BCUT2D eigenvalue weighted by atomic mass is 31.1. The highest BCUT2D eigenvalue weighted by Gasteiger charge is 2.31. The summed E-state index contributed by atoms with van der Waals surface area (Å²) < 4.78 is 1.87. The number of carbonyl (C=O) groups is 1. The van der Waals surface area contributed by atoms with Gasteiger partial charge in [-0.2, -0.15) is 5.10 Å². The Morgan fingerprint density at radius 3 is 3.00 bits per heavy atom. The zero-order chi connectivity index (χ0) is 20.1. The SMILES string of the molecule is Cc1cn2nc(C3=CC(=O)N4C=C(N5CC[C@H](CN)C5)C=CC4P3)cc2c(C)n1. The number of hydrogen-bond donors (Lipinski definition) is 1. The molecule has 2 aromatic heterocycles. The van der Waals surface area contributed by atoms with Crippen LogP contribution < -0.4 is 5.73 Å². The quantitative estimate of drug-likeness (QED) is 0.788. The zero-order valence-corrected chi connectivity index (χ0v) is 17.7. The summed E-state index contributed by atoms with van der Waals surface area (Å²) in [4.78, 5) is 21.6. The standard InChI is InChI=1S/C21H25N6OP/c1-13-10-27-18(14(2)23-13)7-17(24-27)19-8-20(28)26-12-16(3-4-21(26)29-19)25-6-5-15(9-22)11-25/h3-4,7-8,10,12,15,21,29H,5-6,9,11,22H2,1-2H3/t15-,21?/m1/s1. The van der Waals surface area contributed by atoms with Gasteiger partial charge in [-0.05, 0) is 44.9 Å². The molecule has 0 bridgehead atoms. The van der Waals surface area contributed by atoms with Gasteiger partial charge in [0.05, 0.1) is 40.3 Å². The molecular weight excluding hydrogens is 383 g/mol. The highest BCUT2D eigenvalue weighted by molar-refractivity contribution is 7.51. The maximum absolute atomic E-state index is 12.9. The fraction of sp³-hybridized carbons (Fsp3) is 0.381. The summed E-state index contributed by atoms with van der Waals surface area (Å²) in [5.41, 5.74) is 10.7. The monoisotopic (exact) mass is 408 g/mol. The van der Waals surface area contributed by atoms with Crippen LogP contribution in [-0.2, 0) is 4.79 Å². The molecule has 3 aliphatic rings. The average Bonchev–Trinajstić information content (AvgIpc) is 3.35. The molecule has 0 spiro atoms. The van der Waals surface area contributed by atoms with Gasteiger partial charge in [0.2, 0.25) is 0 Å². The Balaban J connectivity index is 1.42. The molecule has 0 radical (unpaired) electrons. The number of hydrogen-bond acceptors (Lipinski definition) is 5. The summed E-state index contributed by atoms with van der Waals surface area (Å²) in [5, 5.41) is 5.71. The average molecular weight is 408 g/mol. The van der Waals surface area contributed by atoms with Gasteiger partial charge >= 0.3 is 0 Å². The second kappa shape index (κ2) is 7.08. The van der Waals surface area contributed by atoms with Crippen LogP contribution in [0.4, 0.5) is 0 Å². The molecule has 0 saturated carbocycles. The Morgan fingerprint density at radius 1 is 1.34 bits per heavy atom. The Labute approximate surface area is 171 Å². The number of nitrogens with zero attached hydrogens (tertiary/aromatic N) is 5. The van der Waals surface area contributed by atoms with Crippen LogP contribution in [0.1, 0.15) is 23.5 Å². The topological polar surface area (TPSA) is 79.8 Å². The molecule has 8 heteroatoms. The number of likely N-dealkylation sites (tertiary alicyclic amines) is 1. The van der Waals surface area contributed by atoms with E-state index in [-0.39, 0.29) is 11.7 Å². The molecule has 0 aromatic carbocycles. The number of aryl methyl sites for hydroxylation is 2. The third kappa shape index (κ3) is 3.28. The van der Waals surface area contributed by atoms with Crippen molar-refractivity contribution < 1.29 is 4.79 Å². The molecule has 3 atom stereocenters. The molecule has 7 nitrogen and oxygen atoms in total. The van der Waals surface area contributed by atoms with Crippen LogP contribution in [0.5, 0.6) is 0 Å². The van der Waals surface area contributed by atoms with Crippen molar-refractivity contribution in [3.05, 3.63) is 59.5 Å². The van der Waals surface area contributed by atoms with Crippen LogP contribution in [0.15, 0.2) is 42.4 Å². The van der Waals surface area contributed by atoms with Gasteiger partial charge in [-0.1, -0.05) is 14.7 Å². The van der Waals surface area contributed by atoms with Crippen LogP contribution in [0.25, 0.3) is 10.8 Å². The zero-order valence-electron chi connectivity index (χ0n) is 16.7. The van der Waals surface area contributed by atoms with E-state index in [0.717, 1.165) is 59.7 Å². The lowest BCUT2D eigenvalue weighted by Crippen LogP contribution is -2.37. The van der Waals surface area contributed by atoms with Crippen molar-refractivity contribution in [2.24, 2.45) is 11.7 Å². The maximum Gasteiger partial charge on any atom is 0.252 e. The molecule has 150 valence electrons. The van der Waals surface area contributed by atoms with Crippen molar-refractivity contribution in [1.82, 2.24) is 24.4 Å². The molecule has 3 aliphatic heterocycles. The maximum atomic E-state index is 12.9. The van der Waals surface area contributed by atoms with E-state index in [0.29, 0.717) is 14.5 Å². The van der Waals surface area contributed by atoms with E-state index in [1.54, 1.807) is 6.08 Å². The number of aromatic nitrogens is 3. The molecular formula is C21H25N6OP. The Kier molecular flexibility index (Phi) is 4.52. The third-order valence-electron chi connectivity index (χ3n) is 5.87. The van der Waals surface area contributed by atoms with E-state index in [2.05, 4.69) is 22.0 Å². The fourth-order valence-corrected chi connectivity index (χ4v) is 5.61. The fourth-order valence-electron chi connectivity index (χ4n) is 4.28.